The predicted octanol–water partition coefficient (Wildman–Crippen LogP) is 4.86. The number of benzene rings is 3. The van der Waals surface area contributed by atoms with Crippen LogP contribution >= 0.6 is 0 Å². The van der Waals surface area contributed by atoms with Gasteiger partial charge in [0.05, 0.1) is 12.8 Å². The number of hydrogen-bond acceptors (Lipinski definition) is 4. The van der Waals surface area contributed by atoms with Gasteiger partial charge >= 0.3 is 0 Å². The summed E-state index contributed by atoms with van der Waals surface area (Å²) in [6.07, 6.45) is 2.30. The minimum Gasteiger partial charge on any atom is -0.497 e. The number of carbonyl (C=O) groups excluding carboxylic acids is 1. The van der Waals surface area contributed by atoms with Crippen molar-refractivity contribution >= 4 is 16.7 Å². The number of methoxy groups -OCH3 is 1. The van der Waals surface area contributed by atoms with Gasteiger partial charge in [0.2, 0.25) is 0 Å². The fourth-order valence-electron chi connectivity index (χ4n) is 6.06. The highest BCUT2D eigenvalue weighted by molar-refractivity contribution is 5.94. The third-order valence-electron chi connectivity index (χ3n) is 8.07. The Morgan fingerprint density at radius 2 is 1.86 bits per heavy atom. The lowest BCUT2D eigenvalue weighted by molar-refractivity contribution is 0.0280. The maximum Gasteiger partial charge on any atom is 0.251 e. The molecule has 4 unspecified atom stereocenters. The van der Waals surface area contributed by atoms with Crippen molar-refractivity contribution in [2.24, 2.45) is 13.0 Å². The van der Waals surface area contributed by atoms with Gasteiger partial charge in [0.15, 0.2) is 0 Å². The van der Waals surface area contributed by atoms with Gasteiger partial charge in [0.1, 0.15) is 5.75 Å². The van der Waals surface area contributed by atoms with Crippen LogP contribution in [0.1, 0.15) is 34.8 Å². The monoisotopic (exact) mass is 480 g/mol. The van der Waals surface area contributed by atoms with Gasteiger partial charge in [-0.2, -0.15) is 5.10 Å². The molecule has 3 aromatic carbocycles. The highest BCUT2D eigenvalue weighted by atomic mass is 16.5. The quantitative estimate of drug-likeness (QED) is 0.428. The van der Waals surface area contributed by atoms with Crippen LogP contribution in [0.4, 0.5) is 0 Å². The normalized spacial score (nSPS) is 23.1. The Balaban J connectivity index is 1.13. The number of hydrogen-bond donors (Lipinski definition) is 1. The predicted molar refractivity (Wildman–Crippen MR) is 142 cm³/mol. The van der Waals surface area contributed by atoms with Gasteiger partial charge in [0.25, 0.3) is 5.91 Å². The molecule has 3 aliphatic heterocycles. The van der Waals surface area contributed by atoms with Gasteiger partial charge < -0.3 is 10.1 Å². The number of nitrogens with zero attached hydrogens (tertiary/aromatic N) is 3. The van der Waals surface area contributed by atoms with Gasteiger partial charge in [-0.25, -0.2) is 0 Å². The molecule has 1 aromatic heterocycles. The van der Waals surface area contributed by atoms with Crippen LogP contribution in [-0.4, -0.2) is 53.4 Å². The molecule has 4 heterocycles. The molecule has 3 fully saturated rings. The van der Waals surface area contributed by atoms with Crippen molar-refractivity contribution in [2.75, 3.05) is 26.7 Å². The number of ether oxygens (including phenoxy) is 1. The Labute approximate surface area is 211 Å². The summed E-state index contributed by atoms with van der Waals surface area (Å²) in [5.74, 6) is 1.81. The van der Waals surface area contributed by atoms with Crippen LogP contribution in [0.2, 0.25) is 0 Å². The molecule has 6 heteroatoms. The lowest BCUT2D eigenvalue weighted by Gasteiger charge is -2.50. The molecule has 0 aliphatic carbocycles. The minimum atomic E-state index is -0.0245. The molecule has 6 nitrogen and oxygen atoms in total. The third kappa shape index (κ3) is 4.26. The zero-order valence-corrected chi connectivity index (χ0v) is 20.9. The Hall–Kier alpha value is -3.64. The molecule has 0 spiro atoms. The maximum atomic E-state index is 12.7. The van der Waals surface area contributed by atoms with Crippen molar-refractivity contribution in [3.8, 4) is 17.0 Å². The third-order valence-corrected chi connectivity index (χ3v) is 8.07. The topological polar surface area (TPSA) is 59.4 Å². The molecule has 4 aromatic rings. The van der Waals surface area contributed by atoms with E-state index < -0.39 is 0 Å². The first kappa shape index (κ1) is 22.8. The number of aryl methyl sites for hydroxylation is 1. The van der Waals surface area contributed by atoms with E-state index in [1.165, 1.54) is 22.9 Å². The largest absolute Gasteiger partial charge is 0.497 e. The summed E-state index contributed by atoms with van der Waals surface area (Å²) >= 11 is 0. The molecule has 3 saturated heterocycles. The first-order valence-corrected chi connectivity index (χ1v) is 12.8. The number of fused-ring (bicyclic) bond motifs is 4. The molecular formula is C30H32N4O2. The first-order chi connectivity index (χ1) is 17.6. The van der Waals surface area contributed by atoms with Crippen LogP contribution in [0.3, 0.4) is 0 Å². The number of rotatable bonds is 6. The molecule has 7 rings (SSSR count). The van der Waals surface area contributed by atoms with Gasteiger partial charge in [-0.05, 0) is 72.5 Å². The first-order valence-electron chi connectivity index (χ1n) is 12.8. The van der Waals surface area contributed by atoms with E-state index in [-0.39, 0.29) is 5.91 Å². The van der Waals surface area contributed by atoms with E-state index in [0.717, 1.165) is 36.5 Å². The minimum absolute atomic E-state index is 0.0245. The van der Waals surface area contributed by atoms with Gasteiger partial charge in [0, 0.05) is 48.9 Å². The second-order valence-corrected chi connectivity index (χ2v) is 10.1. The van der Waals surface area contributed by atoms with Gasteiger partial charge in [-0.15, -0.1) is 0 Å². The number of piperidine rings is 3. The van der Waals surface area contributed by atoms with Crippen LogP contribution in [0.15, 0.2) is 72.8 Å². The average Bonchev–Trinajstić information content (AvgIpc) is 3.33. The lowest BCUT2D eigenvalue weighted by atomic mass is 9.74. The number of carbonyl (C=O) groups is 1. The standard InChI is InChI=1S/C30H32N4O2/c1-33-29(17-28(32-33)24-8-7-20-5-3-4-6-22(20)15-24)27-19-34-14-13-23(27)16-25(34)18-31-30(35)21-9-11-26(36-2)12-10-21/h3-12,15,17,23,25,27H,13-14,16,18-19H2,1-2H3,(H,31,35). The van der Waals surface area contributed by atoms with Crippen LogP contribution < -0.4 is 10.1 Å². The molecular weight excluding hydrogens is 448 g/mol. The van der Waals surface area contributed by atoms with Crippen molar-refractivity contribution in [1.29, 1.82) is 0 Å². The van der Waals surface area contributed by atoms with E-state index in [0.29, 0.717) is 30.0 Å². The van der Waals surface area contributed by atoms with E-state index in [2.05, 4.69) is 70.5 Å². The average molecular weight is 481 g/mol. The summed E-state index contributed by atoms with van der Waals surface area (Å²) < 4.78 is 7.27. The smallest absolute Gasteiger partial charge is 0.251 e. The van der Waals surface area contributed by atoms with E-state index in [1.54, 1.807) is 7.11 Å². The number of amides is 1. The van der Waals surface area contributed by atoms with E-state index in [9.17, 15) is 4.79 Å². The summed E-state index contributed by atoms with van der Waals surface area (Å²) in [4.78, 5) is 15.2. The summed E-state index contributed by atoms with van der Waals surface area (Å²) in [6.45, 7) is 2.80. The Kier molecular flexibility index (Phi) is 5.97. The van der Waals surface area contributed by atoms with Gasteiger partial charge in [-0.1, -0.05) is 36.4 Å². The highest BCUT2D eigenvalue weighted by Gasteiger charge is 2.41. The fraction of sp³-hybridized carbons (Fsp3) is 0.333. The van der Waals surface area contributed by atoms with Crippen molar-refractivity contribution in [1.82, 2.24) is 20.0 Å². The van der Waals surface area contributed by atoms with Crippen molar-refractivity contribution in [3.63, 3.8) is 0 Å². The van der Waals surface area contributed by atoms with Gasteiger partial charge in [-0.3, -0.25) is 14.4 Å². The zero-order valence-electron chi connectivity index (χ0n) is 20.9. The Bertz CT molecular complexity index is 1390. The van der Waals surface area contributed by atoms with Crippen molar-refractivity contribution < 1.29 is 9.53 Å². The number of nitrogens with one attached hydrogen (secondary N) is 1. The number of aromatic nitrogens is 2. The SMILES string of the molecule is COc1ccc(C(=O)NCC2CC3CCN2CC3c2cc(-c3ccc4ccccc4c3)nn2C)cc1. The Morgan fingerprint density at radius 3 is 2.61 bits per heavy atom. The van der Waals surface area contributed by atoms with Crippen LogP contribution in [0.5, 0.6) is 5.75 Å². The molecule has 0 saturated carbocycles. The summed E-state index contributed by atoms with van der Waals surface area (Å²) in [7, 11) is 3.70. The van der Waals surface area contributed by atoms with Crippen LogP contribution in [-0.2, 0) is 7.05 Å². The van der Waals surface area contributed by atoms with Crippen molar-refractivity contribution in [2.45, 2.75) is 24.8 Å². The summed E-state index contributed by atoms with van der Waals surface area (Å²) in [5, 5.41) is 10.6. The fourth-order valence-corrected chi connectivity index (χ4v) is 6.06. The molecule has 36 heavy (non-hydrogen) atoms. The Morgan fingerprint density at radius 1 is 1.06 bits per heavy atom. The maximum absolute atomic E-state index is 12.7. The lowest BCUT2D eigenvalue weighted by Crippen LogP contribution is -2.56. The molecule has 0 radical (unpaired) electrons. The zero-order chi connectivity index (χ0) is 24.6. The highest BCUT2D eigenvalue weighted by Crippen LogP contribution is 2.42. The van der Waals surface area contributed by atoms with E-state index in [1.807, 2.05) is 24.3 Å². The second-order valence-electron chi connectivity index (χ2n) is 10.1. The van der Waals surface area contributed by atoms with E-state index in [4.69, 9.17) is 9.84 Å². The molecule has 1 amide bonds. The van der Waals surface area contributed by atoms with Crippen LogP contribution in [0, 0.1) is 5.92 Å². The summed E-state index contributed by atoms with van der Waals surface area (Å²) in [5.41, 5.74) is 4.18. The molecule has 3 aliphatic rings. The van der Waals surface area contributed by atoms with Crippen LogP contribution in [0.25, 0.3) is 22.0 Å². The molecule has 184 valence electrons. The summed E-state index contributed by atoms with van der Waals surface area (Å²) in [6, 6.07) is 25.0. The van der Waals surface area contributed by atoms with E-state index >= 15 is 0 Å². The van der Waals surface area contributed by atoms with Crippen molar-refractivity contribution in [3.05, 3.63) is 84.1 Å². The second kappa shape index (κ2) is 9.43. The molecule has 4 atom stereocenters. The molecule has 1 N–H and O–H groups in total. The molecule has 2 bridgehead atoms.